The van der Waals surface area contributed by atoms with Gasteiger partial charge in [0.05, 0.1) is 0 Å². The van der Waals surface area contributed by atoms with Crippen molar-refractivity contribution >= 4 is 12.1 Å². The summed E-state index contributed by atoms with van der Waals surface area (Å²) in [7, 11) is 0. The molecule has 0 saturated heterocycles. The zero-order valence-electron chi connectivity index (χ0n) is 17.7. The topological polar surface area (TPSA) is 36.8 Å². The quantitative estimate of drug-likeness (QED) is 0.601. The second-order valence-corrected chi connectivity index (χ2v) is 8.33. The van der Waals surface area contributed by atoms with E-state index in [1.54, 1.807) is 0 Å². The number of halogens is 2. The van der Waals surface area contributed by atoms with Crippen molar-refractivity contribution in [2.75, 3.05) is 13.1 Å². The smallest absolute Gasteiger partial charge is 0.136 e. The fourth-order valence-electron chi connectivity index (χ4n) is 4.48. The van der Waals surface area contributed by atoms with Gasteiger partial charge >= 0.3 is 0 Å². The van der Waals surface area contributed by atoms with Gasteiger partial charge in [-0.05, 0) is 86.1 Å². The van der Waals surface area contributed by atoms with E-state index in [1.165, 1.54) is 30.7 Å². The molecule has 0 aromatic heterocycles. The summed E-state index contributed by atoms with van der Waals surface area (Å²) in [6.07, 6.45) is 12.1. The predicted molar refractivity (Wildman–Crippen MR) is 123 cm³/mol. The molecule has 4 rings (SSSR count). The van der Waals surface area contributed by atoms with E-state index in [4.69, 9.17) is 9.98 Å². The summed E-state index contributed by atoms with van der Waals surface area (Å²) in [5, 5.41) is 3.52. The molecule has 0 saturated carbocycles. The zero-order valence-corrected chi connectivity index (χ0v) is 17.7. The van der Waals surface area contributed by atoms with Crippen LogP contribution in [0.2, 0.25) is 0 Å². The lowest BCUT2D eigenvalue weighted by atomic mass is 9.84. The summed E-state index contributed by atoms with van der Waals surface area (Å²) in [6, 6.07) is 13.3. The van der Waals surface area contributed by atoms with Gasteiger partial charge in [-0.25, -0.2) is 8.78 Å². The number of hydrogen-bond donors (Lipinski definition) is 1. The number of benzene rings is 2. The average molecular weight is 422 g/mol. The van der Waals surface area contributed by atoms with Gasteiger partial charge in [-0.15, -0.1) is 0 Å². The molecule has 0 aliphatic carbocycles. The molecule has 2 aromatic carbocycles. The van der Waals surface area contributed by atoms with E-state index >= 15 is 0 Å². The van der Waals surface area contributed by atoms with Crippen LogP contribution in [0.3, 0.4) is 0 Å². The van der Waals surface area contributed by atoms with E-state index in [1.807, 2.05) is 36.6 Å². The van der Waals surface area contributed by atoms with Crippen molar-refractivity contribution in [3.8, 4) is 0 Å². The summed E-state index contributed by atoms with van der Waals surface area (Å²) in [5.74, 6) is 0.538. The van der Waals surface area contributed by atoms with Crippen molar-refractivity contribution in [1.29, 1.82) is 0 Å². The van der Waals surface area contributed by atoms with Crippen molar-refractivity contribution in [1.82, 2.24) is 5.32 Å². The molecule has 162 valence electrons. The lowest BCUT2D eigenvalue weighted by Gasteiger charge is -2.29. The van der Waals surface area contributed by atoms with E-state index in [-0.39, 0.29) is 17.6 Å². The van der Waals surface area contributed by atoms with Gasteiger partial charge in [0.1, 0.15) is 23.0 Å². The average Bonchev–Trinajstić information content (AvgIpc) is 3.22. The minimum absolute atomic E-state index is 0.0693. The van der Waals surface area contributed by atoms with Crippen molar-refractivity contribution in [2.24, 2.45) is 9.98 Å². The maximum atomic E-state index is 13.5. The van der Waals surface area contributed by atoms with Crippen molar-refractivity contribution in [2.45, 2.75) is 50.0 Å². The van der Waals surface area contributed by atoms with Crippen molar-refractivity contribution in [3.05, 3.63) is 83.4 Å². The molecule has 1 atom stereocenters. The molecule has 2 aliphatic rings. The molecule has 0 radical (unpaired) electrons. The molecular weight excluding hydrogens is 392 g/mol. The van der Waals surface area contributed by atoms with Gasteiger partial charge in [0.2, 0.25) is 0 Å². The minimum Gasteiger partial charge on any atom is -0.372 e. The highest BCUT2D eigenvalue weighted by molar-refractivity contribution is 5.98. The van der Waals surface area contributed by atoms with E-state index in [9.17, 15) is 8.78 Å². The summed E-state index contributed by atoms with van der Waals surface area (Å²) >= 11 is 0. The molecule has 3 nitrogen and oxygen atoms in total. The van der Waals surface area contributed by atoms with Crippen LogP contribution in [0.15, 0.2) is 70.7 Å². The number of amidine groups is 1. The highest BCUT2D eigenvalue weighted by Gasteiger charge is 2.34. The molecule has 1 N–H and O–H groups in total. The van der Waals surface area contributed by atoms with Gasteiger partial charge in [-0.3, -0.25) is 9.98 Å². The highest BCUT2D eigenvalue weighted by atomic mass is 19.1. The molecule has 2 heterocycles. The van der Waals surface area contributed by atoms with Crippen LogP contribution in [0.5, 0.6) is 0 Å². The lowest BCUT2D eigenvalue weighted by molar-refractivity contribution is 0.532. The van der Waals surface area contributed by atoms with Crippen LogP contribution < -0.4 is 5.32 Å². The van der Waals surface area contributed by atoms with Crippen LogP contribution in [0.4, 0.5) is 8.78 Å². The molecule has 0 bridgehead atoms. The molecule has 5 heteroatoms. The molecule has 0 spiro atoms. The van der Waals surface area contributed by atoms with Gasteiger partial charge in [0, 0.05) is 25.2 Å². The normalized spacial score (nSPS) is 20.9. The summed E-state index contributed by atoms with van der Waals surface area (Å²) in [4.78, 5) is 9.63. The molecular formula is C26H29F2N3. The van der Waals surface area contributed by atoms with Crippen molar-refractivity contribution < 1.29 is 8.78 Å². The summed E-state index contributed by atoms with van der Waals surface area (Å²) in [5.41, 5.74) is 1.65. The second kappa shape index (κ2) is 9.99. The number of allylic oxidation sites excluding steroid dienone is 1. The van der Waals surface area contributed by atoms with Crippen LogP contribution in [-0.2, 0) is 0 Å². The fraction of sp³-hybridized carbons (Fsp3) is 0.385. The molecule has 31 heavy (non-hydrogen) atoms. The standard InChI is InChI=1S/C26H29F2N3/c27-22-11-7-20(8-12-22)24(21-9-13-23(28)14-10-21)6-4-15-26(16-5-19-31-26)25-29-17-2-1-3-18-30-25/h5,7-14,16,19,24H,1-4,6,15,17-18H2,(H,29,30). The first-order valence-electron chi connectivity index (χ1n) is 11.2. The monoisotopic (exact) mass is 421 g/mol. The van der Waals surface area contributed by atoms with Crippen LogP contribution in [-0.4, -0.2) is 30.7 Å². The Kier molecular flexibility index (Phi) is 6.90. The Bertz CT molecular complexity index is 888. The summed E-state index contributed by atoms with van der Waals surface area (Å²) in [6.45, 7) is 1.76. The first kappa shape index (κ1) is 21.4. The minimum atomic E-state index is -0.423. The molecule has 2 aromatic rings. The number of nitrogens with zero attached hydrogens (tertiary/aromatic N) is 2. The van der Waals surface area contributed by atoms with Gasteiger partial charge in [-0.2, -0.15) is 0 Å². The van der Waals surface area contributed by atoms with Gasteiger partial charge in [0.15, 0.2) is 0 Å². The molecule has 2 aliphatic heterocycles. The van der Waals surface area contributed by atoms with E-state index in [2.05, 4.69) is 11.4 Å². The fourth-order valence-corrected chi connectivity index (χ4v) is 4.48. The number of aliphatic imine (C=N–C) groups is 2. The van der Waals surface area contributed by atoms with Crippen LogP contribution in [0.25, 0.3) is 0 Å². The van der Waals surface area contributed by atoms with Crippen LogP contribution in [0.1, 0.15) is 55.6 Å². The Hall–Kier alpha value is -2.82. The Balaban J connectivity index is 1.52. The van der Waals surface area contributed by atoms with Crippen LogP contribution >= 0.6 is 0 Å². The lowest BCUT2D eigenvalue weighted by Crippen LogP contribution is -2.44. The predicted octanol–water partition coefficient (Wildman–Crippen LogP) is 5.82. The summed E-state index contributed by atoms with van der Waals surface area (Å²) < 4.78 is 27.0. The maximum absolute atomic E-state index is 13.5. The van der Waals surface area contributed by atoms with Crippen LogP contribution in [0, 0.1) is 11.6 Å². The third kappa shape index (κ3) is 5.27. The van der Waals surface area contributed by atoms with E-state index in [0.29, 0.717) is 0 Å². The van der Waals surface area contributed by atoms with Gasteiger partial charge in [-0.1, -0.05) is 24.3 Å². The highest BCUT2D eigenvalue weighted by Crippen LogP contribution is 2.33. The number of nitrogens with one attached hydrogen (secondary N) is 1. The Morgan fingerprint density at radius 1 is 0.903 bits per heavy atom. The van der Waals surface area contributed by atoms with Gasteiger partial charge in [0.25, 0.3) is 0 Å². The van der Waals surface area contributed by atoms with E-state index < -0.39 is 5.54 Å². The SMILES string of the molecule is Fc1ccc(C(CCCC2(C3=NCCCCCN3)C=CC=N2)c2ccc(F)cc2)cc1. The molecule has 0 fully saturated rings. The zero-order chi connectivity index (χ0) is 21.5. The van der Waals surface area contributed by atoms with Crippen molar-refractivity contribution in [3.63, 3.8) is 0 Å². The Labute approximate surface area is 183 Å². The molecule has 1 unspecified atom stereocenters. The number of hydrogen-bond acceptors (Lipinski definition) is 3. The van der Waals surface area contributed by atoms with E-state index in [0.717, 1.165) is 62.2 Å². The number of rotatable bonds is 7. The largest absolute Gasteiger partial charge is 0.372 e. The first-order valence-corrected chi connectivity index (χ1v) is 11.2. The third-order valence-electron chi connectivity index (χ3n) is 6.17. The first-order chi connectivity index (χ1) is 15.2. The second-order valence-electron chi connectivity index (χ2n) is 8.33. The Morgan fingerprint density at radius 3 is 2.19 bits per heavy atom. The van der Waals surface area contributed by atoms with Gasteiger partial charge < -0.3 is 5.32 Å². The Morgan fingerprint density at radius 2 is 1.58 bits per heavy atom. The third-order valence-corrected chi connectivity index (χ3v) is 6.17. The molecule has 0 amide bonds. The maximum Gasteiger partial charge on any atom is 0.136 e.